The van der Waals surface area contributed by atoms with Gasteiger partial charge in [0.15, 0.2) is 0 Å². The Labute approximate surface area is 78.8 Å². The molecule has 0 bridgehead atoms. The zero-order valence-electron chi connectivity index (χ0n) is 6.58. The molecule has 0 fully saturated rings. The summed E-state index contributed by atoms with van der Waals surface area (Å²) in [5, 5.41) is 19.7. The van der Waals surface area contributed by atoms with Crippen molar-refractivity contribution in [2.45, 2.75) is 0 Å². The highest BCUT2D eigenvalue weighted by Gasteiger charge is 1.88. The van der Waals surface area contributed by atoms with Crippen LogP contribution in [-0.2, 0) is 9.59 Å². The van der Waals surface area contributed by atoms with Crippen molar-refractivity contribution in [3.8, 4) is 0 Å². The lowest BCUT2D eigenvalue weighted by Gasteiger charge is -1.74. The van der Waals surface area contributed by atoms with Crippen molar-refractivity contribution in [2.24, 2.45) is 0 Å². The average molecular weight is 200 g/mol. The number of thiophene rings is 1. The van der Waals surface area contributed by atoms with E-state index in [0.29, 0.717) is 12.2 Å². The highest BCUT2D eigenvalue weighted by Crippen LogP contribution is 1.91. The predicted octanol–water partition coefficient (Wildman–Crippen LogP) is 1.46. The maximum atomic E-state index is 9.55. The second-order valence-corrected chi connectivity index (χ2v) is 2.62. The number of carboxylic acid groups (broad SMARTS) is 2. The van der Waals surface area contributed by atoms with Gasteiger partial charge in [-0.25, -0.2) is 9.59 Å². The van der Waals surface area contributed by atoms with Crippen LogP contribution < -0.4 is 0 Å². The molecule has 1 heterocycles. The molecule has 0 unspecified atom stereocenters. The fourth-order valence-corrected chi connectivity index (χ4v) is 0.823. The molecule has 5 heteroatoms. The van der Waals surface area contributed by atoms with E-state index in [0.717, 1.165) is 0 Å². The first-order chi connectivity index (χ1) is 6.13. The van der Waals surface area contributed by atoms with Crippen molar-refractivity contribution in [3.63, 3.8) is 0 Å². The highest BCUT2D eigenvalue weighted by atomic mass is 32.1. The first kappa shape index (κ1) is 11.4. The predicted molar refractivity (Wildman–Crippen MR) is 48.7 cm³/mol. The van der Waals surface area contributed by atoms with Crippen molar-refractivity contribution in [3.05, 3.63) is 35.0 Å². The first-order valence-corrected chi connectivity index (χ1v) is 4.18. The van der Waals surface area contributed by atoms with Gasteiger partial charge in [0.05, 0.1) is 0 Å². The molecule has 0 saturated heterocycles. The molecule has 0 aliphatic heterocycles. The van der Waals surface area contributed by atoms with Crippen LogP contribution in [0.15, 0.2) is 35.0 Å². The zero-order valence-corrected chi connectivity index (χ0v) is 7.40. The minimum Gasteiger partial charge on any atom is -0.478 e. The third kappa shape index (κ3) is 10.4. The summed E-state index contributed by atoms with van der Waals surface area (Å²) in [4.78, 5) is 19.1. The molecule has 0 saturated carbocycles. The fraction of sp³-hybridized carbons (Fsp3) is 0. The Morgan fingerprint density at radius 3 is 1.54 bits per heavy atom. The molecule has 1 aromatic rings. The van der Waals surface area contributed by atoms with Crippen LogP contribution in [0.1, 0.15) is 0 Å². The van der Waals surface area contributed by atoms with Gasteiger partial charge in [-0.15, -0.1) is 0 Å². The third-order valence-corrected chi connectivity index (χ3v) is 1.42. The molecule has 1 rings (SSSR count). The molecular formula is C8H8O4S. The van der Waals surface area contributed by atoms with Crippen LogP contribution in [0.2, 0.25) is 0 Å². The SMILES string of the molecule is O=C(O)/C=C\C(=O)O.c1ccsc1. The maximum absolute atomic E-state index is 9.55. The number of aliphatic carboxylic acids is 2. The summed E-state index contributed by atoms with van der Waals surface area (Å²) >= 11 is 1.71. The highest BCUT2D eigenvalue weighted by molar-refractivity contribution is 7.07. The van der Waals surface area contributed by atoms with Gasteiger partial charge >= 0.3 is 11.9 Å². The van der Waals surface area contributed by atoms with E-state index in [4.69, 9.17) is 10.2 Å². The quantitative estimate of drug-likeness (QED) is 0.709. The third-order valence-electron chi connectivity index (χ3n) is 0.794. The fourth-order valence-electron chi connectivity index (χ4n) is 0.369. The summed E-state index contributed by atoms with van der Waals surface area (Å²) in [6.45, 7) is 0. The molecule has 0 aliphatic carbocycles. The molecule has 13 heavy (non-hydrogen) atoms. The van der Waals surface area contributed by atoms with E-state index in [-0.39, 0.29) is 0 Å². The molecule has 70 valence electrons. The molecule has 2 N–H and O–H groups in total. The summed E-state index contributed by atoms with van der Waals surface area (Å²) in [6, 6.07) is 4.04. The van der Waals surface area contributed by atoms with Gasteiger partial charge in [0, 0.05) is 12.2 Å². The van der Waals surface area contributed by atoms with Gasteiger partial charge < -0.3 is 10.2 Å². The van der Waals surface area contributed by atoms with Gasteiger partial charge in [-0.2, -0.15) is 11.3 Å². The molecule has 0 atom stereocenters. The van der Waals surface area contributed by atoms with Crippen molar-refractivity contribution >= 4 is 23.3 Å². The lowest BCUT2D eigenvalue weighted by Crippen LogP contribution is -1.91. The molecule has 0 aromatic carbocycles. The second kappa shape index (κ2) is 7.05. The molecule has 0 aliphatic rings. The van der Waals surface area contributed by atoms with Gasteiger partial charge in [0.25, 0.3) is 0 Å². The maximum Gasteiger partial charge on any atom is 0.328 e. The number of carboxylic acids is 2. The van der Waals surface area contributed by atoms with Crippen molar-refractivity contribution < 1.29 is 19.8 Å². The van der Waals surface area contributed by atoms with Crippen LogP contribution in [0, 0.1) is 0 Å². The molecular weight excluding hydrogens is 192 g/mol. The topological polar surface area (TPSA) is 74.6 Å². The molecule has 0 amide bonds. The average Bonchev–Trinajstić information content (AvgIpc) is 2.57. The van der Waals surface area contributed by atoms with Crippen molar-refractivity contribution in [1.82, 2.24) is 0 Å². The zero-order chi connectivity index (χ0) is 10.1. The van der Waals surface area contributed by atoms with Crippen LogP contribution >= 0.6 is 11.3 Å². The van der Waals surface area contributed by atoms with E-state index in [1.165, 1.54) is 0 Å². The minimum atomic E-state index is -1.26. The van der Waals surface area contributed by atoms with E-state index in [1.807, 2.05) is 22.9 Å². The molecule has 0 spiro atoms. The first-order valence-electron chi connectivity index (χ1n) is 3.24. The van der Waals surface area contributed by atoms with Gasteiger partial charge in [-0.05, 0) is 10.8 Å². The Morgan fingerprint density at radius 2 is 1.38 bits per heavy atom. The Morgan fingerprint density at radius 1 is 1.00 bits per heavy atom. The van der Waals surface area contributed by atoms with Crippen LogP contribution in [-0.4, -0.2) is 22.2 Å². The Balaban J connectivity index is 0.000000243. The summed E-state index contributed by atoms with van der Waals surface area (Å²) in [7, 11) is 0. The normalized spacial score (nSPS) is 8.92. The minimum absolute atomic E-state index is 0.558. The second-order valence-electron chi connectivity index (χ2n) is 1.80. The van der Waals surface area contributed by atoms with E-state index in [1.54, 1.807) is 11.3 Å². The number of carbonyl (C=O) groups is 2. The van der Waals surface area contributed by atoms with E-state index >= 15 is 0 Å². The number of rotatable bonds is 2. The molecule has 1 aromatic heterocycles. The van der Waals surface area contributed by atoms with Crippen LogP contribution in [0.3, 0.4) is 0 Å². The lowest BCUT2D eigenvalue weighted by molar-refractivity contribution is -0.134. The van der Waals surface area contributed by atoms with E-state index < -0.39 is 11.9 Å². The van der Waals surface area contributed by atoms with Crippen molar-refractivity contribution in [2.75, 3.05) is 0 Å². The summed E-state index contributed by atoms with van der Waals surface area (Å²) in [5.41, 5.74) is 0. The van der Waals surface area contributed by atoms with Gasteiger partial charge in [0.1, 0.15) is 0 Å². The summed E-state index contributed by atoms with van der Waals surface area (Å²) in [6.07, 6.45) is 1.12. The Kier molecular flexibility index (Phi) is 6.17. The largest absolute Gasteiger partial charge is 0.478 e. The van der Waals surface area contributed by atoms with Crippen LogP contribution in [0.25, 0.3) is 0 Å². The standard InChI is InChI=1S/C4H4O4.C4H4S/c5-3(6)1-2-4(7)8;1-2-4-5-3-1/h1-2H,(H,5,6)(H,7,8);1-4H/b2-1-;. The summed E-state index contributed by atoms with van der Waals surface area (Å²) in [5.74, 6) is -2.51. The molecule has 0 radical (unpaired) electrons. The van der Waals surface area contributed by atoms with Crippen LogP contribution in [0.4, 0.5) is 0 Å². The molecule has 4 nitrogen and oxygen atoms in total. The number of hydrogen-bond donors (Lipinski definition) is 2. The van der Waals surface area contributed by atoms with E-state index in [9.17, 15) is 9.59 Å². The number of hydrogen-bond acceptors (Lipinski definition) is 3. The smallest absolute Gasteiger partial charge is 0.328 e. The van der Waals surface area contributed by atoms with Crippen molar-refractivity contribution in [1.29, 1.82) is 0 Å². The van der Waals surface area contributed by atoms with E-state index in [2.05, 4.69) is 0 Å². The lowest BCUT2D eigenvalue weighted by atomic mass is 10.5. The monoisotopic (exact) mass is 200 g/mol. The van der Waals surface area contributed by atoms with Gasteiger partial charge in [0.2, 0.25) is 0 Å². The van der Waals surface area contributed by atoms with Crippen LogP contribution in [0.5, 0.6) is 0 Å². The van der Waals surface area contributed by atoms with Gasteiger partial charge in [-0.1, -0.05) is 12.1 Å². The summed E-state index contributed by atoms with van der Waals surface area (Å²) < 4.78 is 0. The Hall–Kier alpha value is -1.62. The van der Waals surface area contributed by atoms with Gasteiger partial charge in [-0.3, -0.25) is 0 Å². The Bertz CT molecular complexity index is 243.